The molecule has 1 heterocycles. The summed E-state index contributed by atoms with van der Waals surface area (Å²) in [5, 5.41) is 0. The third-order valence-corrected chi connectivity index (χ3v) is 7.56. The van der Waals surface area contributed by atoms with E-state index >= 15 is 0 Å². The summed E-state index contributed by atoms with van der Waals surface area (Å²) < 4.78 is 39.1. The second-order valence-corrected chi connectivity index (χ2v) is 10.3. The Morgan fingerprint density at radius 2 is 1.58 bits per heavy atom. The minimum Gasteiger partial charge on any atom is -0.486 e. The van der Waals surface area contributed by atoms with Gasteiger partial charge in [-0.3, -0.25) is 9.52 Å². The summed E-state index contributed by atoms with van der Waals surface area (Å²) in [5.41, 5.74) is 0.964. The summed E-state index contributed by atoms with van der Waals surface area (Å²) in [7, 11) is -1.91. The molecule has 7 nitrogen and oxygen atoms in total. The highest BCUT2D eigenvalue weighted by molar-refractivity contribution is 7.92. The first-order chi connectivity index (χ1) is 14.9. The van der Waals surface area contributed by atoms with E-state index in [1.165, 1.54) is 37.8 Å². The topological polar surface area (TPSA) is 84.9 Å². The van der Waals surface area contributed by atoms with Crippen molar-refractivity contribution >= 4 is 21.6 Å². The van der Waals surface area contributed by atoms with E-state index in [0.717, 1.165) is 0 Å². The third kappa shape index (κ3) is 4.21. The first-order valence-corrected chi connectivity index (χ1v) is 12.2. The van der Waals surface area contributed by atoms with Crippen LogP contribution in [-0.2, 0) is 10.0 Å². The number of nitrogens with one attached hydrogen (secondary N) is 1. The van der Waals surface area contributed by atoms with Crippen LogP contribution in [0.15, 0.2) is 47.4 Å². The molecule has 0 spiro atoms. The van der Waals surface area contributed by atoms with Gasteiger partial charge in [-0.15, -0.1) is 0 Å². The molecule has 3 aliphatic rings. The van der Waals surface area contributed by atoms with Gasteiger partial charge in [0.05, 0.1) is 4.90 Å². The quantitative estimate of drug-likeness (QED) is 0.709. The van der Waals surface area contributed by atoms with Crippen molar-refractivity contribution in [3.8, 4) is 11.5 Å². The minimum atomic E-state index is -3.80. The van der Waals surface area contributed by atoms with Crippen LogP contribution in [0.1, 0.15) is 36.0 Å². The number of sulfonamides is 1. The number of carbonyl (C=O) groups is 1. The van der Waals surface area contributed by atoms with E-state index in [-0.39, 0.29) is 10.8 Å². The average Bonchev–Trinajstić information content (AvgIpc) is 3.69. The Labute approximate surface area is 182 Å². The molecule has 0 aromatic heterocycles. The van der Waals surface area contributed by atoms with Crippen LogP contribution < -0.4 is 14.2 Å². The lowest BCUT2D eigenvalue weighted by Crippen LogP contribution is -2.40. The van der Waals surface area contributed by atoms with Crippen LogP contribution in [0, 0.1) is 11.8 Å². The number of hydrogen-bond donors (Lipinski definition) is 1. The summed E-state index contributed by atoms with van der Waals surface area (Å²) in [6.45, 7) is 0.829. The van der Waals surface area contributed by atoms with Gasteiger partial charge in [-0.25, -0.2) is 8.42 Å². The molecule has 1 aliphatic heterocycles. The van der Waals surface area contributed by atoms with Gasteiger partial charge in [0.1, 0.15) is 13.2 Å². The Kier molecular flexibility index (Phi) is 5.04. The van der Waals surface area contributed by atoms with Gasteiger partial charge in [0.2, 0.25) is 0 Å². The molecule has 2 aromatic carbocycles. The summed E-state index contributed by atoms with van der Waals surface area (Å²) in [6.07, 6.45) is 4.83. The highest BCUT2D eigenvalue weighted by Crippen LogP contribution is 2.47. The maximum atomic E-state index is 13.0. The van der Waals surface area contributed by atoms with E-state index in [1.807, 2.05) is 11.9 Å². The molecular weight excluding hydrogens is 416 g/mol. The van der Waals surface area contributed by atoms with Gasteiger partial charge in [0.25, 0.3) is 15.9 Å². The zero-order valence-electron chi connectivity index (χ0n) is 17.4. The molecule has 1 amide bonds. The van der Waals surface area contributed by atoms with E-state index in [1.54, 1.807) is 30.3 Å². The summed E-state index contributed by atoms with van der Waals surface area (Å²) in [6, 6.07) is 11.5. The van der Waals surface area contributed by atoms with Gasteiger partial charge in [-0.1, -0.05) is 0 Å². The first kappa shape index (κ1) is 20.2. The molecule has 1 N–H and O–H groups in total. The summed E-state index contributed by atoms with van der Waals surface area (Å²) in [4.78, 5) is 15.0. The fourth-order valence-corrected chi connectivity index (χ4v) is 5.39. The SMILES string of the molecule is CN(C(=O)c1ccc(NS(=O)(=O)c2ccc3c(c2)OCCO3)cc1)C(C1CC1)C1CC1. The molecule has 2 fully saturated rings. The second-order valence-electron chi connectivity index (χ2n) is 8.57. The highest BCUT2D eigenvalue weighted by atomic mass is 32.2. The van der Waals surface area contributed by atoms with Gasteiger partial charge in [0.15, 0.2) is 11.5 Å². The van der Waals surface area contributed by atoms with Crippen molar-refractivity contribution in [1.82, 2.24) is 4.90 Å². The minimum absolute atomic E-state index is 0.00922. The van der Waals surface area contributed by atoms with Crippen LogP contribution in [0.3, 0.4) is 0 Å². The largest absolute Gasteiger partial charge is 0.486 e. The van der Waals surface area contributed by atoms with E-state index in [4.69, 9.17) is 9.47 Å². The number of amides is 1. The molecule has 0 saturated heterocycles. The highest BCUT2D eigenvalue weighted by Gasteiger charge is 2.45. The number of rotatable bonds is 7. The van der Waals surface area contributed by atoms with Crippen molar-refractivity contribution in [2.45, 2.75) is 36.6 Å². The van der Waals surface area contributed by atoms with Crippen molar-refractivity contribution in [1.29, 1.82) is 0 Å². The lowest BCUT2D eigenvalue weighted by Gasteiger charge is -2.28. The standard InChI is InChI=1S/C23H26N2O5S/c1-25(22(15-2-3-15)16-4-5-16)23(26)17-6-8-18(9-7-17)24-31(27,28)19-10-11-20-21(14-19)30-13-12-29-20/h6-11,14-16,22,24H,2-5,12-13H2,1H3. The lowest BCUT2D eigenvalue weighted by atomic mass is 10.0. The van der Waals surface area contributed by atoms with Crippen molar-refractivity contribution < 1.29 is 22.7 Å². The third-order valence-electron chi connectivity index (χ3n) is 6.19. The van der Waals surface area contributed by atoms with Gasteiger partial charge in [-0.2, -0.15) is 0 Å². The smallest absolute Gasteiger partial charge is 0.262 e. The number of carbonyl (C=O) groups excluding carboxylic acids is 1. The molecule has 0 atom stereocenters. The first-order valence-electron chi connectivity index (χ1n) is 10.7. The predicted molar refractivity (Wildman–Crippen MR) is 116 cm³/mol. The maximum absolute atomic E-state index is 13.0. The molecule has 31 heavy (non-hydrogen) atoms. The van der Waals surface area contributed by atoms with E-state index < -0.39 is 10.0 Å². The maximum Gasteiger partial charge on any atom is 0.262 e. The fourth-order valence-electron chi connectivity index (χ4n) is 4.32. The molecule has 2 aliphatic carbocycles. The molecular formula is C23H26N2O5S. The molecule has 2 saturated carbocycles. The molecule has 2 aromatic rings. The number of nitrogens with zero attached hydrogens (tertiary/aromatic N) is 1. The van der Waals surface area contributed by atoms with Crippen molar-refractivity contribution in [3.63, 3.8) is 0 Å². The monoisotopic (exact) mass is 442 g/mol. The van der Waals surface area contributed by atoms with Crippen LogP contribution in [0.4, 0.5) is 5.69 Å². The van der Waals surface area contributed by atoms with Crippen LogP contribution >= 0.6 is 0 Å². The lowest BCUT2D eigenvalue weighted by molar-refractivity contribution is 0.0690. The van der Waals surface area contributed by atoms with Crippen LogP contribution in [-0.4, -0.2) is 45.5 Å². The number of ether oxygens (including phenoxy) is 2. The summed E-state index contributed by atoms with van der Waals surface area (Å²) in [5.74, 6) is 2.22. The van der Waals surface area contributed by atoms with E-state index in [2.05, 4.69) is 4.72 Å². The van der Waals surface area contributed by atoms with Gasteiger partial charge < -0.3 is 14.4 Å². The zero-order chi connectivity index (χ0) is 21.6. The van der Waals surface area contributed by atoms with Crippen LogP contribution in [0.5, 0.6) is 11.5 Å². The molecule has 0 unspecified atom stereocenters. The van der Waals surface area contributed by atoms with Crippen LogP contribution in [0.25, 0.3) is 0 Å². The number of hydrogen-bond acceptors (Lipinski definition) is 5. The normalized spacial score (nSPS) is 18.0. The average molecular weight is 443 g/mol. The molecule has 0 radical (unpaired) electrons. The fraction of sp³-hybridized carbons (Fsp3) is 0.435. The summed E-state index contributed by atoms with van der Waals surface area (Å²) >= 11 is 0. The zero-order valence-corrected chi connectivity index (χ0v) is 18.2. The van der Waals surface area contributed by atoms with Crippen molar-refractivity contribution in [2.24, 2.45) is 11.8 Å². The van der Waals surface area contributed by atoms with E-state index in [0.29, 0.717) is 53.8 Å². The predicted octanol–water partition coefficient (Wildman–Crippen LogP) is 3.52. The Bertz CT molecular complexity index is 1080. The Morgan fingerprint density at radius 3 is 2.19 bits per heavy atom. The molecule has 8 heteroatoms. The van der Waals surface area contributed by atoms with Gasteiger partial charge >= 0.3 is 0 Å². The van der Waals surface area contributed by atoms with Crippen molar-refractivity contribution in [2.75, 3.05) is 25.0 Å². The Balaban J connectivity index is 1.29. The van der Waals surface area contributed by atoms with Crippen LogP contribution in [0.2, 0.25) is 0 Å². The second kappa shape index (κ2) is 7.75. The molecule has 0 bridgehead atoms. The number of fused-ring (bicyclic) bond motifs is 1. The van der Waals surface area contributed by atoms with E-state index in [9.17, 15) is 13.2 Å². The number of anilines is 1. The van der Waals surface area contributed by atoms with Gasteiger partial charge in [0, 0.05) is 30.4 Å². The Hall–Kier alpha value is -2.74. The van der Waals surface area contributed by atoms with Crippen molar-refractivity contribution in [3.05, 3.63) is 48.0 Å². The molecule has 164 valence electrons. The molecule has 5 rings (SSSR count). The van der Waals surface area contributed by atoms with Gasteiger partial charge in [-0.05, 0) is 73.9 Å². The Morgan fingerprint density at radius 1 is 0.968 bits per heavy atom. The number of benzene rings is 2.